The fraction of sp³-hybridized carbons (Fsp3) is 0.545. The summed E-state index contributed by atoms with van der Waals surface area (Å²) in [6.45, 7) is 4.88. The lowest BCUT2D eigenvalue weighted by Crippen LogP contribution is -2.37. The summed E-state index contributed by atoms with van der Waals surface area (Å²) in [7, 11) is 1.72. The Balaban J connectivity index is 2.62. The third-order valence-electron chi connectivity index (χ3n) is 2.25. The summed E-state index contributed by atoms with van der Waals surface area (Å²) in [6, 6.07) is 0. The van der Waals surface area contributed by atoms with Gasteiger partial charge in [-0.25, -0.2) is 9.97 Å². The molecule has 18 heavy (non-hydrogen) atoms. The number of hydrogen-bond donors (Lipinski definition) is 2. The number of nitrogens with one attached hydrogen (secondary N) is 1. The maximum Gasteiger partial charge on any atom is 0.239 e. The van der Waals surface area contributed by atoms with Crippen molar-refractivity contribution < 1.29 is 4.79 Å². The second-order valence-electron chi connectivity index (χ2n) is 4.45. The monoisotopic (exact) mass is 271 g/mol. The van der Waals surface area contributed by atoms with Gasteiger partial charge in [0, 0.05) is 13.6 Å². The molecule has 7 heteroatoms. The largest absolute Gasteiger partial charge is 0.382 e. The highest BCUT2D eigenvalue weighted by Gasteiger charge is 2.14. The second kappa shape index (κ2) is 6.39. The molecular weight excluding hydrogens is 254 g/mol. The Morgan fingerprint density at radius 3 is 2.83 bits per heavy atom. The predicted octanol–water partition coefficient (Wildman–Crippen LogP) is 0.921. The lowest BCUT2D eigenvalue weighted by molar-refractivity contribution is -0.119. The number of rotatable bonds is 5. The molecule has 0 aromatic carbocycles. The Kier molecular flexibility index (Phi) is 5.15. The molecule has 100 valence electrons. The molecule has 0 fully saturated rings. The van der Waals surface area contributed by atoms with E-state index in [1.165, 1.54) is 6.33 Å². The van der Waals surface area contributed by atoms with Crippen molar-refractivity contribution in [3.63, 3.8) is 0 Å². The maximum absolute atomic E-state index is 11.7. The summed E-state index contributed by atoms with van der Waals surface area (Å²) in [6.07, 6.45) is 1.32. The fourth-order valence-electron chi connectivity index (χ4n) is 1.30. The summed E-state index contributed by atoms with van der Waals surface area (Å²) < 4.78 is 0. The van der Waals surface area contributed by atoms with Gasteiger partial charge in [0.05, 0.1) is 6.54 Å². The third kappa shape index (κ3) is 4.03. The molecule has 0 saturated carbocycles. The van der Waals surface area contributed by atoms with Crippen molar-refractivity contribution in [3.05, 3.63) is 11.3 Å². The van der Waals surface area contributed by atoms with Gasteiger partial charge in [0.25, 0.3) is 0 Å². The van der Waals surface area contributed by atoms with Crippen LogP contribution in [0.2, 0.25) is 5.02 Å². The molecule has 0 aliphatic carbocycles. The first-order valence-electron chi connectivity index (χ1n) is 5.65. The van der Waals surface area contributed by atoms with Crippen molar-refractivity contribution in [1.82, 2.24) is 15.3 Å². The molecule has 0 atom stereocenters. The highest BCUT2D eigenvalue weighted by atomic mass is 35.5. The van der Waals surface area contributed by atoms with Gasteiger partial charge in [-0.2, -0.15) is 0 Å². The number of aromatic nitrogens is 2. The van der Waals surface area contributed by atoms with Gasteiger partial charge in [-0.15, -0.1) is 0 Å². The van der Waals surface area contributed by atoms with E-state index < -0.39 is 0 Å². The molecule has 0 aliphatic heterocycles. The fourth-order valence-corrected chi connectivity index (χ4v) is 1.55. The quantitative estimate of drug-likeness (QED) is 0.832. The van der Waals surface area contributed by atoms with E-state index in [0.29, 0.717) is 18.3 Å². The first-order chi connectivity index (χ1) is 8.41. The Morgan fingerprint density at radius 2 is 2.22 bits per heavy atom. The van der Waals surface area contributed by atoms with Gasteiger partial charge in [0.2, 0.25) is 5.91 Å². The molecule has 3 N–H and O–H groups in total. The van der Waals surface area contributed by atoms with Crippen molar-refractivity contribution in [2.24, 2.45) is 5.92 Å². The first kappa shape index (κ1) is 14.5. The molecule has 1 aromatic heterocycles. The Morgan fingerprint density at radius 1 is 1.56 bits per heavy atom. The van der Waals surface area contributed by atoms with Crippen LogP contribution in [0.1, 0.15) is 13.8 Å². The number of anilines is 2. The van der Waals surface area contributed by atoms with E-state index in [1.807, 2.05) is 13.8 Å². The standard InChI is InChI=1S/C11H18ClN5O/c1-7(2)4-14-8(18)5-17(3)11-9(12)10(13)15-6-16-11/h6-7H,4-5H2,1-3H3,(H,14,18)(H2,13,15,16). The Bertz CT molecular complexity index is 424. The maximum atomic E-state index is 11.7. The van der Waals surface area contributed by atoms with Gasteiger partial charge in [-0.3, -0.25) is 4.79 Å². The van der Waals surface area contributed by atoms with Gasteiger partial charge in [-0.1, -0.05) is 25.4 Å². The zero-order valence-electron chi connectivity index (χ0n) is 10.8. The van der Waals surface area contributed by atoms with Crippen LogP contribution >= 0.6 is 11.6 Å². The topological polar surface area (TPSA) is 84.1 Å². The molecule has 0 radical (unpaired) electrons. The van der Waals surface area contributed by atoms with Crippen molar-refractivity contribution in [2.75, 3.05) is 30.8 Å². The minimum absolute atomic E-state index is 0.0838. The minimum Gasteiger partial charge on any atom is -0.382 e. The Hall–Kier alpha value is -1.56. The molecule has 1 amide bonds. The van der Waals surface area contributed by atoms with Crippen LogP contribution < -0.4 is 16.0 Å². The smallest absolute Gasteiger partial charge is 0.239 e. The number of amides is 1. The molecule has 0 saturated heterocycles. The van der Waals surface area contributed by atoms with Crippen molar-refractivity contribution >= 4 is 29.1 Å². The van der Waals surface area contributed by atoms with Crippen molar-refractivity contribution in [3.8, 4) is 0 Å². The Labute approximate surface area is 112 Å². The number of hydrogen-bond acceptors (Lipinski definition) is 5. The summed E-state index contributed by atoms with van der Waals surface area (Å²) in [5.41, 5.74) is 5.58. The van der Waals surface area contributed by atoms with E-state index in [0.717, 1.165) is 0 Å². The molecule has 0 spiro atoms. The SMILES string of the molecule is CC(C)CNC(=O)CN(C)c1ncnc(N)c1Cl. The second-order valence-corrected chi connectivity index (χ2v) is 4.83. The van der Waals surface area contributed by atoms with E-state index in [1.54, 1.807) is 11.9 Å². The van der Waals surface area contributed by atoms with Crippen LogP contribution in [-0.2, 0) is 4.79 Å². The lowest BCUT2D eigenvalue weighted by Gasteiger charge is -2.19. The summed E-state index contributed by atoms with van der Waals surface area (Å²) >= 11 is 5.98. The van der Waals surface area contributed by atoms with Crippen LogP contribution in [0.25, 0.3) is 0 Å². The van der Waals surface area contributed by atoms with Crippen LogP contribution in [-0.4, -0.2) is 36.0 Å². The number of nitrogens with zero attached hydrogens (tertiary/aromatic N) is 3. The molecule has 1 rings (SSSR count). The van der Waals surface area contributed by atoms with Gasteiger partial charge < -0.3 is 16.0 Å². The molecule has 0 unspecified atom stereocenters. The summed E-state index contributed by atoms with van der Waals surface area (Å²) in [5.74, 6) is 0.983. The van der Waals surface area contributed by atoms with Crippen molar-refractivity contribution in [2.45, 2.75) is 13.8 Å². The molecule has 6 nitrogen and oxygen atoms in total. The number of carbonyl (C=O) groups is 1. The summed E-state index contributed by atoms with van der Waals surface area (Å²) in [4.78, 5) is 21.1. The zero-order chi connectivity index (χ0) is 13.7. The normalized spacial score (nSPS) is 10.5. The van der Waals surface area contributed by atoms with Gasteiger partial charge in [0.15, 0.2) is 5.82 Å². The lowest BCUT2D eigenvalue weighted by atomic mass is 10.2. The number of nitrogens with two attached hydrogens (primary N) is 1. The average molecular weight is 272 g/mol. The van der Waals surface area contributed by atoms with Gasteiger partial charge in [0.1, 0.15) is 17.2 Å². The molecular formula is C11H18ClN5O. The van der Waals surface area contributed by atoms with Crippen LogP contribution in [0.15, 0.2) is 6.33 Å². The van der Waals surface area contributed by atoms with E-state index in [2.05, 4.69) is 15.3 Å². The molecule has 1 aromatic rings. The first-order valence-corrected chi connectivity index (χ1v) is 6.03. The minimum atomic E-state index is -0.0838. The van der Waals surface area contributed by atoms with Gasteiger partial charge in [-0.05, 0) is 5.92 Å². The van der Waals surface area contributed by atoms with Crippen molar-refractivity contribution in [1.29, 1.82) is 0 Å². The van der Waals surface area contributed by atoms with E-state index in [4.69, 9.17) is 17.3 Å². The van der Waals surface area contributed by atoms with Gasteiger partial charge >= 0.3 is 0 Å². The predicted molar refractivity (Wildman–Crippen MR) is 72.6 cm³/mol. The highest BCUT2D eigenvalue weighted by molar-refractivity contribution is 6.35. The van der Waals surface area contributed by atoms with Crippen LogP contribution in [0.3, 0.4) is 0 Å². The number of halogens is 1. The number of carbonyl (C=O) groups excluding carboxylic acids is 1. The van der Waals surface area contributed by atoms with Crippen LogP contribution in [0.4, 0.5) is 11.6 Å². The highest BCUT2D eigenvalue weighted by Crippen LogP contribution is 2.25. The van der Waals surface area contributed by atoms with E-state index >= 15 is 0 Å². The molecule has 0 aliphatic rings. The number of nitrogen functional groups attached to an aromatic ring is 1. The molecule has 1 heterocycles. The van der Waals surface area contributed by atoms with E-state index in [9.17, 15) is 4.79 Å². The number of likely N-dealkylation sites (N-methyl/N-ethyl adjacent to an activating group) is 1. The van der Waals surface area contributed by atoms with Crippen LogP contribution in [0.5, 0.6) is 0 Å². The van der Waals surface area contributed by atoms with E-state index in [-0.39, 0.29) is 23.3 Å². The third-order valence-corrected chi connectivity index (χ3v) is 2.61. The van der Waals surface area contributed by atoms with Crippen LogP contribution in [0, 0.1) is 5.92 Å². The average Bonchev–Trinajstić information content (AvgIpc) is 2.30. The zero-order valence-corrected chi connectivity index (χ0v) is 11.5. The molecule has 0 bridgehead atoms. The summed E-state index contributed by atoms with van der Waals surface area (Å²) in [5, 5.41) is 3.08.